The van der Waals surface area contributed by atoms with Gasteiger partial charge in [0.25, 0.3) is 5.91 Å². The number of aromatic nitrogens is 1. The third-order valence-corrected chi connectivity index (χ3v) is 6.12. The second kappa shape index (κ2) is 11.8. The number of carbonyl (C=O) groups excluding carboxylic acids is 1. The van der Waals surface area contributed by atoms with Crippen molar-refractivity contribution in [1.82, 2.24) is 10.3 Å². The first-order chi connectivity index (χ1) is 15.0. The lowest BCUT2D eigenvalue weighted by Gasteiger charge is -2.15. The summed E-state index contributed by atoms with van der Waals surface area (Å²) in [5.41, 5.74) is 4.32. The van der Waals surface area contributed by atoms with Gasteiger partial charge in [0.15, 0.2) is 0 Å². The van der Waals surface area contributed by atoms with E-state index in [2.05, 4.69) is 17.4 Å². The highest BCUT2D eigenvalue weighted by Gasteiger charge is 2.20. The van der Waals surface area contributed by atoms with E-state index in [1.54, 1.807) is 24.3 Å². The molecule has 1 aromatic heterocycles. The zero-order valence-electron chi connectivity index (χ0n) is 17.9. The van der Waals surface area contributed by atoms with Gasteiger partial charge in [0, 0.05) is 22.0 Å². The molecule has 1 amide bonds. The largest absolute Gasteiger partial charge is 0.480 e. The molecule has 1 heterocycles. The molecule has 0 spiro atoms. The lowest BCUT2D eigenvalue weighted by atomic mass is 9.95. The van der Waals surface area contributed by atoms with E-state index in [1.165, 1.54) is 36.2 Å². The summed E-state index contributed by atoms with van der Waals surface area (Å²) in [4.78, 5) is 28.6. The molecule has 1 unspecified atom stereocenters. The van der Waals surface area contributed by atoms with Gasteiger partial charge in [0.2, 0.25) is 0 Å². The topological polar surface area (TPSA) is 79.3 Å². The monoisotopic (exact) mass is 442 g/mol. The SMILES string of the molecule is O=C(NC(CCCCCCCc1ccc2c(n1)CCCC2)C(=O)O)c1ccc(Cl)cc1. The Balaban J connectivity index is 1.32. The summed E-state index contributed by atoms with van der Waals surface area (Å²) in [5.74, 6) is -1.39. The van der Waals surface area contributed by atoms with Gasteiger partial charge in [-0.3, -0.25) is 9.78 Å². The number of halogens is 1. The molecule has 0 bridgehead atoms. The molecule has 3 rings (SSSR count). The van der Waals surface area contributed by atoms with Crippen molar-refractivity contribution in [3.63, 3.8) is 0 Å². The van der Waals surface area contributed by atoms with Crippen LogP contribution in [0.5, 0.6) is 0 Å². The van der Waals surface area contributed by atoms with Gasteiger partial charge in [-0.2, -0.15) is 0 Å². The maximum absolute atomic E-state index is 12.2. The van der Waals surface area contributed by atoms with E-state index in [4.69, 9.17) is 16.6 Å². The first-order valence-corrected chi connectivity index (χ1v) is 11.7. The predicted octanol–water partition coefficient (Wildman–Crippen LogP) is 5.38. The first-order valence-electron chi connectivity index (χ1n) is 11.3. The molecule has 1 aliphatic rings. The van der Waals surface area contributed by atoms with Crippen molar-refractivity contribution in [2.75, 3.05) is 0 Å². The Morgan fingerprint density at radius 3 is 2.45 bits per heavy atom. The molecule has 6 heteroatoms. The second-order valence-electron chi connectivity index (χ2n) is 8.29. The molecule has 1 aliphatic carbocycles. The Morgan fingerprint density at radius 2 is 1.68 bits per heavy atom. The molecule has 166 valence electrons. The summed E-state index contributed by atoms with van der Waals surface area (Å²) in [6.45, 7) is 0. The highest BCUT2D eigenvalue weighted by molar-refractivity contribution is 6.30. The predicted molar refractivity (Wildman–Crippen MR) is 123 cm³/mol. The number of hydrogen-bond acceptors (Lipinski definition) is 3. The molecule has 0 aliphatic heterocycles. The Bertz CT molecular complexity index is 883. The fourth-order valence-corrected chi connectivity index (χ4v) is 4.18. The zero-order chi connectivity index (χ0) is 22.1. The second-order valence-corrected chi connectivity index (χ2v) is 8.73. The average Bonchev–Trinajstić information content (AvgIpc) is 2.77. The van der Waals surface area contributed by atoms with E-state index in [1.807, 2.05) is 0 Å². The number of rotatable bonds is 11. The minimum Gasteiger partial charge on any atom is -0.480 e. The van der Waals surface area contributed by atoms with Gasteiger partial charge in [-0.15, -0.1) is 0 Å². The number of nitrogens with zero attached hydrogens (tertiary/aromatic N) is 1. The molecule has 1 atom stereocenters. The van der Waals surface area contributed by atoms with Crippen LogP contribution in [0.4, 0.5) is 0 Å². The molecular weight excluding hydrogens is 412 g/mol. The Kier molecular flexibility index (Phi) is 8.89. The maximum Gasteiger partial charge on any atom is 0.326 e. The summed E-state index contributed by atoms with van der Waals surface area (Å²) in [5, 5.41) is 12.6. The number of nitrogens with one attached hydrogen (secondary N) is 1. The zero-order valence-corrected chi connectivity index (χ0v) is 18.7. The number of amides is 1. The van der Waals surface area contributed by atoms with Gasteiger partial charge in [0.1, 0.15) is 6.04 Å². The average molecular weight is 443 g/mol. The summed E-state index contributed by atoms with van der Waals surface area (Å²) < 4.78 is 0. The minimum absolute atomic E-state index is 0.387. The number of carbonyl (C=O) groups is 2. The third-order valence-electron chi connectivity index (χ3n) is 5.87. The van der Waals surface area contributed by atoms with Crippen LogP contribution in [0.3, 0.4) is 0 Å². The molecule has 0 saturated carbocycles. The van der Waals surface area contributed by atoms with Crippen LogP contribution in [0.2, 0.25) is 5.02 Å². The number of fused-ring (bicyclic) bond motifs is 1. The molecule has 2 aromatic rings. The lowest BCUT2D eigenvalue weighted by molar-refractivity contribution is -0.139. The van der Waals surface area contributed by atoms with Crippen LogP contribution in [-0.4, -0.2) is 28.0 Å². The molecule has 0 radical (unpaired) electrons. The standard InChI is InChI=1S/C25H31ClN2O3/c26-20-15-12-19(13-16-20)24(29)28-23(25(30)31)11-5-3-1-2-4-9-21-17-14-18-8-6-7-10-22(18)27-21/h12-17,23H,1-11H2,(H,28,29)(H,30,31). The van der Waals surface area contributed by atoms with Crippen LogP contribution in [0.1, 0.15) is 78.7 Å². The quantitative estimate of drug-likeness (QED) is 0.458. The van der Waals surface area contributed by atoms with Gasteiger partial charge < -0.3 is 10.4 Å². The molecule has 31 heavy (non-hydrogen) atoms. The Labute approximate surface area is 189 Å². The number of carboxylic acids is 1. The van der Waals surface area contributed by atoms with Crippen LogP contribution < -0.4 is 5.32 Å². The van der Waals surface area contributed by atoms with Crippen LogP contribution in [0.15, 0.2) is 36.4 Å². The Morgan fingerprint density at radius 1 is 0.968 bits per heavy atom. The van der Waals surface area contributed by atoms with E-state index < -0.39 is 12.0 Å². The number of benzene rings is 1. The number of aliphatic carboxylic acids is 1. The van der Waals surface area contributed by atoms with Crippen molar-refractivity contribution in [1.29, 1.82) is 0 Å². The fraction of sp³-hybridized carbons (Fsp3) is 0.480. The van der Waals surface area contributed by atoms with E-state index in [0.717, 1.165) is 44.9 Å². The van der Waals surface area contributed by atoms with Crippen molar-refractivity contribution in [2.45, 2.75) is 76.7 Å². The van der Waals surface area contributed by atoms with Crippen LogP contribution in [0.25, 0.3) is 0 Å². The number of unbranched alkanes of at least 4 members (excludes halogenated alkanes) is 4. The smallest absolute Gasteiger partial charge is 0.326 e. The van der Waals surface area contributed by atoms with E-state index in [0.29, 0.717) is 17.0 Å². The van der Waals surface area contributed by atoms with Gasteiger partial charge in [-0.25, -0.2) is 4.79 Å². The fourth-order valence-electron chi connectivity index (χ4n) is 4.05. The summed E-state index contributed by atoms with van der Waals surface area (Å²) in [6, 6.07) is 9.97. The van der Waals surface area contributed by atoms with E-state index in [-0.39, 0.29) is 5.91 Å². The molecule has 1 aromatic carbocycles. The molecule has 0 saturated heterocycles. The number of carboxylic acid groups (broad SMARTS) is 1. The van der Waals surface area contributed by atoms with Crippen LogP contribution >= 0.6 is 11.6 Å². The normalized spacial score (nSPS) is 14.0. The summed E-state index contributed by atoms with van der Waals surface area (Å²) in [7, 11) is 0. The molecule has 0 fully saturated rings. The van der Waals surface area contributed by atoms with Crippen molar-refractivity contribution in [3.8, 4) is 0 Å². The molecular formula is C25H31ClN2O3. The van der Waals surface area contributed by atoms with Crippen molar-refractivity contribution < 1.29 is 14.7 Å². The number of hydrogen-bond donors (Lipinski definition) is 2. The van der Waals surface area contributed by atoms with E-state index >= 15 is 0 Å². The van der Waals surface area contributed by atoms with Gasteiger partial charge in [-0.1, -0.05) is 43.4 Å². The highest BCUT2D eigenvalue weighted by Crippen LogP contribution is 2.20. The van der Waals surface area contributed by atoms with Crippen LogP contribution in [-0.2, 0) is 24.1 Å². The van der Waals surface area contributed by atoms with E-state index in [9.17, 15) is 14.7 Å². The van der Waals surface area contributed by atoms with Crippen LogP contribution in [0, 0.1) is 0 Å². The third kappa shape index (κ3) is 7.35. The first kappa shape index (κ1) is 23.3. The van der Waals surface area contributed by atoms with Gasteiger partial charge in [0.05, 0.1) is 0 Å². The van der Waals surface area contributed by atoms with Gasteiger partial charge in [-0.05, 0) is 80.8 Å². The maximum atomic E-state index is 12.2. The lowest BCUT2D eigenvalue weighted by Crippen LogP contribution is -2.40. The van der Waals surface area contributed by atoms with Crippen molar-refractivity contribution in [3.05, 3.63) is 63.9 Å². The number of pyridine rings is 1. The van der Waals surface area contributed by atoms with Gasteiger partial charge >= 0.3 is 5.97 Å². The highest BCUT2D eigenvalue weighted by atomic mass is 35.5. The molecule has 5 nitrogen and oxygen atoms in total. The summed E-state index contributed by atoms with van der Waals surface area (Å²) in [6.07, 6.45) is 11.2. The van der Waals surface area contributed by atoms with Crippen molar-refractivity contribution in [2.24, 2.45) is 0 Å². The summed E-state index contributed by atoms with van der Waals surface area (Å²) >= 11 is 5.83. The number of aryl methyl sites for hydroxylation is 3. The van der Waals surface area contributed by atoms with Crippen molar-refractivity contribution >= 4 is 23.5 Å². The molecule has 2 N–H and O–H groups in total. The Hall–Kier alpha value is -2.40. The minimum atomic E-state index is -0.999.